The van der Waals surface area contributed by atoms with Gasteiger partial charge in [-0.25, -0.2) is 0 Å². The molecule has 0 spiro atoms. The highest BCUT2D eigenvalue weighted by Crippen LogP contribution is 2.28. The van der Waals surface area contributed by atoms with Crippen LogP contribution in [-0.4, -0.2) is 21.6 Å². The Bertz CT molecular complexity index is 132. The lowest BCUT2D eigenvalue weighted by molar-refractivity contribution is 0.140. The first-order valence-electron chi connectivity index (χ1n) is 4.14. The first-order valence-corrected chi connectivity index (χ1v) is 5.01. The average Bonchev–Trinajstić information content (AvgIpc) is 1.49. The molecule has 0 aromatic carbocycles. The van der Waals surface area contributed by atoms with E-state index < -0.39 is 5.68 Å². The van der Waals surface area contributed by atoms with Crippen LogP contribution in [0.2, 0.25) is 0 Å². The molecule has 4 heteroatoms. The summed E-state index contributed by atoms with van der Waals surface area (Å²) in [6.07, 6.45) is 0. The monoisotopic (exact) mass is 209 g/mol. The molecule has 0 unspecified atom stereocenters. The number of halogens is 2. The summed E-state index contributed by atoms with van der Waals surface area (Å²) in [6.45, 7) is 12.6. The van der Waals surface area contributed by atoms with Crippen molar-refractivity contribution < 1.29 is 0 Å². The van der Waals surface area contributed by atoms with Crippen LogP contribution < -0.4 is 0 Å². The van der Waals surface area contributed by atoms with Crippen molar-refractivity contribution >= 4 is 28.6 Å². The van der Waals surface area contributed by atoms with Crippen molar-refractivity contribution in [3.8, 4) is 0 Å². The molecule has 0 bridgehead atoms. The minimum Gasteiger partial charge on any atom is -0.305 e. The highest BCUT2D eigenvalue weighted by atomic mass is 35.5. The standard InChI is InChI=1S/C8H18BCl2N/c1-7(2,3)12(9(10)11)8(4,5)6/h1-6H3. The predicted octanol–water partition coefficient (Wildman–Crippen LogP) is 3.35. The minimum atomic E-state index is -0.454. The molecule has 0 aliphatic rings. The van der Waals surface area contributed by atoms with E-state index in [0.717, 1.165) is 0 Å². The molecule has 0 saturated heterocycles. The Hall–Kier alpha value is 0.605. The molecule has 0 aromatic rings. The molecule has 0 aromatic heterocycles. The summed E-state index contributed by atoms with van der Waals surface area (Å²) >= 11 is 11.8. The lowest BCUT2D eigenvalue weighted by Crippen LogP contribution is -2.56. The van der Waals surface area contributed by atoms with Crippen molar-refractivity contribution in [3.05, 3.63) is 0 Å². The second kappa shape index (κ2) is 3.77. The normalized spacial score (nSPS) is 13.8. The number of hydrogen-bond acceptors (Lipinski definition) is 1. The van der Waals surface area contributed by atoms with Gasteiger partial charge in [-0.05, 0) is 41.5 Å². The lowest BCUT2D eigenvalue weighted by atomic mass is 9.90. The molecule has 0 rings (SSSR count). The molecule has 0 atom stereocenters. The van der Waals surface area contributed by atoms with E-state index in [1.165, 1.54) is 0 Å². The third kappa shape index (κ3) is 3.55. The Kier molecular flexibility index (Phi) is 3.96. The van der Waals surface area contributed by atoms with E-state index >= 15 is 0 Å². The van der Waals surface area contributed by atoms with Crippen molar-refractivity contribution in [2.75, 3.05) is 0 Å². The molecule has 0 fully saturated rings. The van der Waals surface area contributed by atoms with Gasteiger partial charge in [0.25, 0.3) is 0 Å². The summed E-state index contributed by atoms with van der Waals surface area (Å²) in [7, 11) is 0. The fourth-order valence-corrected chi connectivity index (χ4v) is 2.76. The van der Waals surface area contributed by atoms with Crippen LogP contribution in [0.15, 0.2) is 0 Å². The molecular weight excluding hydrogens is 192 g/mol. The van der Waals surface area contributed by atoms with E-state index in [4.69, 9.17) is 22.9 Å². The Morgan fingerprint density at radius 1 is 0.833 bits per heavy atom. The number of nitrogens with zero attached hydrogens (tertiary/aromatic N) is 1. The molecule has 0 aliphatic carbocycles. The maximum atomic E-state index is 5.90. The Morgan fingerprint density at radius 3 is 1.08 bits per heavy atom. The average molecular weight is 210 g/mol. The molecule has 0 radical (unpaired) electrons. The Labute approximate surface area is 86.3 Å². The quantitative estimate of drug-likeness (QED) is 0.599. The van der Waals surface area contributed by atoms with Gasteiger partial charge in [0.1, 0.15) is 0 Å². The highest BCUT2D eigenvalue weighted by Gasteiger charge is 2.37. The van der Waals surface area contributed by atoms with Crippen molar-refractivity contribution in [2.24, 2.45) is 0 Å². The summed E-state index contributed by atoms with van der Waals surface area (Å²) < 4.78 is 0. The van der Waals surface area contributed by atoms with Crippen LogP contribution in [0.5, 0.6) is 0 Å². The summed E-state index contributed by atoms with van der Waals surface area (Å²) in [4.78, 5) is 2.07. The van der Waals surface area contributed by atoms with E-state index in [9.17, 15) is 0 Å². The van der Waals surface area contributed by atoms with Crippen LogP contribution in [-0.2, 0) is 0 Å². The van der Waals surface area contributed by atoms with Crippen LogP contribution >= 0.6 is 22.9 Å². The Balaban J connectivity index is 4.70. The molecule has 0 heterocycles. The van der Waals surface area contributed by atoms with Gasteiger partial charge in [-0.3, -0.25) is 0 Å². The summed E-state index contributed by atoms with van der Waals surface area (Å²) in [5, 5.41) is 0. The van der Waals surface area contributed by atoms with Crippen LogP contribution in [0.4, 0.5) is 0 Å². The van der Waals surface area contributed by atoms with E-state index in [2.05, 4.69) is 46.4 Å². The molecule has 0 amide bonds. The van der Waals surface area contributed by atoms with Crippen LogP contribution in [0.1, 0.15) is 41.5 Å². The van der Waals surface area contributed by atoms with Crippen molar-refractivity contribution in [2.45, 2.75) is 52.6 Å². The summed E-state index contributed by atoms with van der Waals surface area (Å²) in [5.41, 5.74) is -0.469. The molecule has 12 heavy (non-hydrogen) atoms. The predicted molar refractivity (Wildman–Crippen MR) is 58.8 cm³/mol. The molecule has 0 aliphatic heterocycles. The van der Waals surface area contributed by atoms with E-state index in [-0.39, 0.29) is 11.1 Å². The minimum absolute atomic E-state index is 0.00752. The maximum absolute atomic E-state index is 5.90. The third-order valence-corrected chi connectivity index (χ3v) is 2.03. The van der Waals surface area contributed by atoms with Gasteiger partial charge in [-0.15, -0.1) is 22.9 Å². The fourth-order valence-electron chi connectivity index (χ4n) is 1.59. The largest absolute Gasteiger partial charge is 0.435 e. The van der Waals surface area contributed by atoms with Gasteiger partial charge in [0.05, 0.1) is 0 Å². The first kappa shape index (κ1) is 12.6. The molecular formula is C8H18BCl2N. The van der Waals surface area contributed by atoms with Gasteiger partial charge in [-0.2, -0.15) is 0 Å². The lowest BCUT2D eigenvalue weighted by Gasteiger charge is -2.45. The number of hydrogen-bond donors (Lipinski definition) is 0. The zero-order chi connectivity index (χ0) is 10.2. The van der Waals surface area contributed by atoms with E-state index in [1.54, 1.807) is 0 Å². The zero-order valence-electron chi connectivity index (χ0n) is 8.78. The van der Waals surface area contributed by atoms with Gasteiger partial charge in [0, 0.05) is 11.1 Å². The molecule has 72 valence electrons. The van der Waals surface area contributed by atoms with Gasteiger partial charge in [-0.1, -0.05) is 0 Å². The fraction of sp³-hybridized carbons (Fsp3) is 1.00. The smallest absolute Gasteiger partial charge is 0.305 e. The summed E-state index contributed by atoms with van der Waals surface area (Å²) in [5.74, 6) is 0. The third-order valence-electron chi connectivity index (χ3n) is 1.64. The maximum Gasteiger partial charge on any atom is 0.435 e. The van der Waals surface area contributed by atoms with Crippen LogP contribution in [0, 0.1) is 0 Å². The van der Waals surface area contributed by atoms with Gasteiger partial charge in [0.2, 0.25) is 0 Å². The second-order valence-electron chi connectivity index (χ2n) is 4.99. The zero-order valence-corrected chi connectivity index (χ0v) is 10.3. The first-order chi connectivity index (χ1) is 5.07. The molecule has 1 nitrogen and oxygen atoms in total. The van der Waals surface area contributed by atoms with E-state index in [1.807, 2.05) is 0 Å². The van der Waals surface area contributed by atoms with Crippen molar-refractivity contribution in [1.82, 2.24) is 4.81 Å². The SMILES string of the molecule is CC(C)(C)N(B(Cl)Cl)C(C)(C)C. The second-order valence-corrected chi connectivity index (χ2v) is 6.04. The van der Waals surface area contributed by atoms with Gasteiger partial charge < -0.3 is 4.81 Å². The Morgan fingerprint density at radius 2 is 1.08 bits per heavy atom. The molecule has 0 N–H and O–H groups in total. The van der Waals surface area contributed by atoms with Gasteiger partial charge in [0.15, 0.2) is 0 Å². The highest BCUT2D eigenvalue weighted by molar-refractivity contribution is 7.32. The van der Waals surface area contributed by atoms with Crippen molar-refractivity contribution in [1.29, 1.82) is 0 Å². The van der Waals surface area contributed by atoms with Crippen LogP contribution in [0.25, 0.3) is 0 Å². The van der Waals surface area contributed by atoms with Crippen LogP contribution in [0.3, 0.4) is 0 Å². The molecule has 0 saturated carbocycles. The number of rotatable bonds is 1. The summed E-state index contributed by atoms with van der Waals surface area (Å²) in [6, 6.07) is 0. The van der Waals surface area contributed by atoms with Gasteiger partial charge >= 0.3 is 5.68 Å². The topological polar surface area (TPSA) is 3.24 Å². The van der Waals surface area contributed by atoms with Crippen molar-refractivity contribution in [3.63, 3.8) is 0 Å². The van der Waals surface area contributed by atoms with E-state index in [0.29, 0.717) is 0 Å².